The summed E-state index contributed by atoms with van der Waals surface area (Å²) in [6, 6.07) is 3.55. The number of anilines is 1. The van der Waals surface area contributed by atoms with Crippen molar-refractivity contribution < 1.29 is 13.2 Å². The molecule has 18 heavy (non-hydrogen) atoms. The zero-order chi connectivity index (χ0) is 13.5. The van der Waals surface area contributed by atoms with Crippen molar-refractivity contribution in [2.24, 2.45) is 0 Å². The zero-order valence-corrected chi connectivity index (χ0v) is 9.92. The van der Waals surface area contributed by atoms with Gasteiger partial charge in [0.15, 0.2) is 0 Å². The number of halogens is 3. The van der Waals surface area contributed by atoms with Gasteiger partial charge in [0.05, 0.1) is 11.3 Å². The summed E-state index contributed by atoms with van der Waals surface area (Å²) in [5, 5.41) is 3.99. The Morgan fingerprint density at radius 3 is 2.33 bits per heavy atom. The quantitative estimate of drug-likeness (QED) is 0.851. The Morgan fingerprint density at radius 2 is 1.83 bits per heavy atom. The van der Waals surface area contributed by atoms with Crippen molar-refractivity contribution in [3.05, 3.63) is 41.1 Å². The molecule has 2 aromatic rings. The van der Waals surface area contributed by atoms with E-state index in [9.17, 15) is 13.2 Å². The molecule has 2 rings (SSSR count). The van der Waals surface area contributed by atoms with Gasteiger partial charge in [0.2, 0.25) is 0 Å². The largest absolute Gasteiger partial charge is 0.416 e. The van der Waals surface area contributed by atoms with Crippen LogP contribution >= 0.6 is 0 Å². The molecule has 0 aliphatic rings. The normalized spacial score (nSPS) is 11.8. The standard InChI is InChI=1S/C12H12F3N3/c1-7-3-4-9(12(13,14)15)5-10(7)18-6-8(2)11(16)17-18/h3-6H,1-2H3,(H2,16,17). The molecule has 1 heterocycles. The lowest BCUT2D eigenvalue weighted by Gasteiger charge is -2.11. The maximum Gasteiger partial charge on any atom is 0.416 e. The maximum absolute atomic E-state index is 12.6. The lowest BCUT2D eigenvalue weighted by atomic mass is 10.1. The second-order valence-corrected chi connectivity index (χ2v) is 4.14. The summed E-state index contributed by atoms with van der Waals surface area (Å²) in [7, 11) is 0. The van der Waals surface area contributed by atoms with E-state index in [1.807, 2.05) is 0 Å². The van der Waals surface area contributed by atoms with Gasteiger partial charge in [-0.05, 0) is 31.5 Å². The molecule has 1 aromatic heterocycles. The van der Waals surface area contributed by atoms with E-state index in [-0.39, 0.29) is 0 Å². The number of aromatic nitrogens is 2. The third kappa shape index (κ3) is 2.18. The van der Waals surface area contributed by atoms with Gasteiger partial charge in [-0.15, -0.1) is 0 Å². The topological polar surface area (TPSA) is 43.8 Å². The molecule has 0 bridgehead atoms. The molecule has 0 spiro atoms. The Balaban J connectivity index is 2.56. The molecule has 0 atom stereocenters. The molecular weight excluding hydrogens is 243 g/mol. The smallest absolute Gasteiger partial charge is 0.382 e. The molecule has 0 amide bonds. The number of nitrogen functional groups attached to an aromatic ring is 1. The highest BCUT2D eigenvalue weighted by Crippen LogP contribution is 2.31. The first-order valence-corrected chi connectivity index (χ1v) is 5.29. The van der Waals surface area contributed by atoms with Crippen molar-refractivity contribution in [3.63, 3.8) is 0 Å². The molecule has 0 fully saturated rings. The van der Waals surface area contributed by atoms with Crippen LogP contribution in [0.15, 0.2) is 24.4 Å². The van der Waals surface area contributed by atoms with Crippen LogP contribution in [0, 0.1) is 13.8 Å². The fourth-order valence-corrected chi connectivity index (χ4v) is 1.63. The minimum absolute atomic E-state index is 0.312. The monoisotopic (exact) mass is 255 g/mol. The van der Waals surface area contributed by atoms with Gasteiger partial charge < -0.3 is 5.73 Å². The summed E-state index contributed by atoms with van der Waals surface area (Å²) in [6.07, 6.45) is -2.76. The van der Waals surface area contributed by atoms with Crippen LogP contribution in [0.1, 0.15) is 16.7 Å². The number of benzene rings is 1. The van der Waals surface area contributed by atoms with Gasteiger partial charge >= 0.3 is 6.18 Å². The lowest BCUT2D eigenvalue weighted by molar-refractivity contribution is -0.137. The third-order valence-corrected chi connectivity index (χ3v) is 2.72. The van der Waals surface area contributed by atoms with Crippen LogP contribution in [0.4, 0.5) is 19.0 Å². The van der Waals surface area contributed by atoms with Crippen molar-refractivity contribution in [3.8, 4) is 5.69 Å². The van der Waals surface area contributed by atoms with Crippen LogP contribution in [0.5, 0.6) is 0 Å². The Morgan fingerprint density at radius 1 is 1.17 bits per heavy atom. The van der Waals surface area contributed by atoms with E-state index < -0.39 is 11.7 Å². The van der Waals surface area contributed by atoms with Crippen molar-refractivity contribution >= 4 is 5.82 Å². The van der Waals surface area contributed by atoms with Crippen molar-refractivity contribution in [1.82, 2.24) is 9.78 Å². The van der Waals surface area contributed by atoms with E-state index in [1.165, 1.54) is 10.7 Å². The summed E-state index contributed by atoms with van der Waals surface area (Å²) in [6.45, 7) is 3.48. The van der Waals surface area contributed by atoms with Gasteiger partial charge in [0.1, 0.15) is 5.82 Å². The summed E-state index contributed by atoms with van der Waals surface area (Å²) in [5.74, 6) is 0.312. The van der Waals surface area contributed by atoms with Crippen LogP contribution in [0.25, 0.3) is 5.69 Å². The van der Waals surface area contributed by atoms with Gasteiger partial charge in [-0.2, -0.15) is 18.3 Å². The highest BCUT2D eigenvalue weighted by molar-refractivity contribution is 5.46. The first-order chi connectivity index (χ1) is 8.29. The highest BCUT2D eigenvalue weighted by atomic mass is 19.4. The molecule has 0 aliphatic heterocycles. The first-order valence-electron chi connectivity index (χ1n) is 5.29. The maximum atomic E-state index is 12.6. The fraction of sp³-hybridized carbons (Fsp3) is 0.250. The highest BCUT2D eigenvalue weighted by Gasteiger charge is 2.31. The number of hydrogen-bond acceptors (Lipinski definition) is 2. The first kappa shape index (κ1) is 12.5. The van der Waals surface area contributed by atoms with Crippen molar-refractivity contribution in [2.75, 3.05) is 5.73 Å². The van der Waals surface area contributed by atoms with Crippen LogP contribution < -0.4 is 5.73 Å². The molecule has 2 N–H and O–H groups in total. The number of hydrogen-bond donors (Lipinski definition) is 1. The number of rotatable bonds is 1. The van der Waals surface area contributed by atoms with Crippen molar-refractivity contribution in [2.45, 2.75) is 20.0 Å². The van der Waals surface area contributed by atoms with Crippen LogP contribution in [-0.4, -0.2) is 9.78 Å². The summed E-state index contributed by atoms with van der Waals surface area (Å²) < 4.78 is 39.3. The molecule has 0 radical (unpaired) electrons. The Bertz CT molecular complexity index is 565. The van der Waals surface area contributed by atoms with Crippen LogP contribution in [0.2, 0.25) is 0 Å². The van der Waals surface area contributed by atoms with Gasteiger partial charge in [0.25, 0.3) is 0 Å². The summed E-state index contributed by atoms with van der Waals surface area (Å²) in [5.41, 5.74) is 6.71. The number of alkyl halides is 3. The number of nitrogens with two attached hydrogens (primary N) is 1. The Labute approximate surface area is 102 Å². The molecule has 1 aromatic carbocycles. The van der Waals surface area contributed by atoms with Crippen LogP contribution in [0.3, 0.4) is 0 Å². The van der Waals surface area contributed by atoms with Gasteiger partial charge in [-0.3, -0.25) is 0 Å². The average molecular weight is 255 g/mol. The molecular formula is C12H12F3N3. The number of aryl methyl sites for hydroxylation is 2. The van der Waals surface area contributed by atoms with E-state index in [2.05, 4.69) is 5.10 Å². The van der Waals surface area contributed by atoms with E-state index in [0.717, 1.165) is 17.7 Å². The van der Waals surface area contributed by atoms with E-state index in [1.54, 1.807) is 20.0 Å². The van der Waals surface area contributed by atoms with Gasteiger partial charge in [-0.25, -0.2) is 4.68 Å². The lowest BCUT2D eigenvalue weighted by Crippen LogP contribution is -2.07. The summed E-state index contributed by atoms with van der Waals surface area (Å²) in [4.78, 5) is 0. The molecule has 6 heteroatoms. The SMILES string of the molecule is Cc1ccc(C(F)(F)F)cc1-n1cc(C)c(N)n1. The van der Waals surface area contributed by atoms with E-state index in [0.29, 0.717) is 17.1 Å². The average Bonchev–Trinajstić information content (AvgIpc) is 2.58. The molecule has 96 valence electrons. The van der Waals surface area contributed by atoms with E-state index in [4.69, 9.17) is 5.73 Å². The van der Waals surface area contributed by atoms with Crippen molar-refractivity contribution in [1.29, 1.82) is 0 Å². The predicted molar refractivity (Wildman–Crippen MR) is 62.5 cm³/mol. The summed E-state index contributed by atoms with van der Waals surface area (Å²) >= 11 is 0. The number of nitrogens with zero attached hydrogens (tertiary/aromatic N) is 2. The van der Waals surface area contributed by atoms with E-state index >= 15 is 0 Å². The Kier molecular flexibility index (Phi) is 2.80. The molecule has 3 nitrogen and oxygen atoms in total. The molecule has 0 unspecified atom stereocenters. The minimum Gasteiger partial charge on any atom is -0.382 e. The molecule has 0 saturated heterocycles. The molecule has 0 aliphatic carbocycles. The second kappa shape index (κ2) is 4.04. The van der Waals surface area contributed by atoms with Crippen LogP contribution in [-0.2, 0) is 6.18 Å². The predicted octanol–water partition coefficient (Wildman–Crippen LogP) is 3.09. The minimum atomic E-state index is -4.36. The molecule has 0 saturated carbocycles. The Hall–Kier alpha value is -1.98. The zero-order valence-electron chi connectivity index (χ0n) is 9.92. The third-order valence-electron chi connectivity index (χ3n) is 2.72. The van der Waals surface area contributed by atoms with Gasteiger partial charge in [-0.1, -0.05) is 6.07 Å². The fourth-order valence-electron chi connectivity index (χ4n) is 1.63. The second-order valence-electron chi connectivity index (χ2n) is 4.14. The van der Waals surface area contributed by atoms with Gasteiger partial charge in [0, 0.05) is 11.8 Å².